The van der Waals surface area contributed by atoms with E-state index in [1.807, 2.05) is 78.9 Å². The van der Waals surface area contributed by atoms with Crippen LogP contribution in [0.1, 0.15) is 24.5 Å². The average molecular weight is 493 g/mol. The van der Waals surface area contributed by atoms with Crippen molar-refractivity contribution >= 4 is 17.7 Å². The molecule has 1 aliphatic rings. The van der Waals surface area contributed by atoms with Crippen molar-refractivity contribution in [3.05, 3.63) is 102 Å². The first-order chi connectivity index (χ1) is 17.1. The maximum absolute atomic E-state index is 12.2. The summed E-state index contributed by atoms with van der Waals surface area (Å²) in [5, 5.41) is 0. The number of hydrogen-bond acceptors (Lipinski definition) is 6. The van der Waals surface area contributed by atoms with Gasteiger partial charge in [0.25, 0.3) is 0 Å². The zero-order valence-electron chi connectivity index (χ0n) is 20.1. The van der Waals surface area contributed by atoms with Crippen LogP contribution in [0.25, 0.3) is 0 Å². The summed E-state index contributed by atoms with van der Waals surface area (Å²) in [5.41, 5.74) is 1.82. The Hall–Kier alpha value is -2.64. The quantitative estimate of drug-likeness (QED) is 0.330. The molecule has 3 aromatic carbocycles. The first kappa shape index (κ1) is 25.5. The normalized spacial score (nSPS) is 24.1. The van der Waals surface area contributed by atoms with Crippen LogP contribution in [0, 0.1) is 5.92 Å². The summed E-state index contributed by atoms with van der Waals surface area (Å²) in [7, 11) is 1.40. The smallest absolute Gasteiger partial charge is 0.308 e. The van der Waals surface area contributed by atoms with Crippen molar-refractivity contribution in [2.45, 2.75) is 55.2 Å². The highest BCUT2D eigenvalue weighted by molar-refractivity contribution is 7.99. The molecule has 0 saturated carbocycles. The van der Waals surface area contributed by atoms with Gasteiger partial charge in [-0.05, 0) is 23.3 Å². The molecule has 6 heteroatoms. The summed E-state index contributed by atoms with van der Waals surface area (Å²) in [5.74, 6) is -0.373. The molecule has 3 aromatic rings. The Morgan fingerprint density at radius 2 is 1.31 bits per heavy atom. The number of ether oxygens (including phenoxy) is 4. The van der Waals surface area contributed by atoms with E-state index in [1.165, 1.54) is 7.11 Å². The lowest BCUT2D eigenvalue weighted by Crippen LogP contribution is -2.54. The Kier molecular flexibility index (Phi) is 9.37. The van der Waals surface area contributed by atoms with Gasteiger partial charge < -0.3 is 18.9 Å². The minimum Gasteiger partial charge on any atom is -0.469 e. The molecule has 184 valence electrons. The molecular formula is C29H32O5S. The summed E-state index contributed by atoms with van der Waals surface area (Å²) >= 11 is 1.59. The second kappa shape index (κ2) is 12.9. The van der Waals surface area contributed by atoms with E-state index in [0.29, 0.717) is 13.2 Å². The van der Waals surface area contributed by atoms with Crippen LogP contribution >= 0.6 is 11.8 Å². The third-order valence-corrected chi connectivity index (χ3v) is 7.32. The van der Waals surface area contributed by atoms with Crippen LogP contribution in [-0.4, -0.2) is 36.8 Å². The molecule has 0 aliphatic carbocycles. The van der Waals surface area contributed by atoms with E-state index in [0.717, 1.165) is 16.0 Å². The minimum absolute atomic E-state index is 0.0776. The lowest BCUT2D eigenvalue weighted by atomic mass is 9.89. The summed E-state index contributed by atoms with van der Waals surface area (Å²) in [6.45, 7) is 2.96. The van der Waals surface area contributed by atoms with Gasteiger partial charge in [0.05, 0.1) is 39.0 Å². The van der Waals surface area contributed by atoms with Crippen molar-refractivity contribution in [2.75, 3.05) is 7.11 Å². The number of hydrogen-bond donors (Lipinski definition) is 0. The molecule has 0 N–H and O–H groups in total. The molecule has 4 rings (SSSR count). The molecule has 2 unspecified atom stereocenters. The third-order valence-electron chi connectivity index (χ3n) is 6.17. The second-order valence-electron chi connectivity index (χ2n) is 8.64. The monoisotopic (exact) mass is 492 g/mol. The molecule has 1 heterocycles. The molecule has 0 spiro atoms. The van der Waals surface area contributed by atoms with Crippen molar-refractivity contribution in [1.29, 1.82) is 0 Å². The van der Waals surface area contributed by atoms with E-state index < -0.39 is 0 Å². The number of esters is 1. The first-order valence-corrected chi connectivity index (χ1v) is 12.8. The number of thioether (sulfide) groups is 1. The summed E-state index contributed by atoms with van der Waals surface area (Å²) in [6.07, 6.45) is -0.794. The molecule has 35 heavy (non-hydrogen) atoms. The highest BCUT2D eigenvalue weighted by atomic mass is 32.2. The van der Waals surface area contributed by atoms with Crippen molar-refractivity contribution in [3.63, 3.8) is 0 Å². The van der Waals surface area contributed by atoms with Gasteiger partial charge in [-0.15, -0.1) is 0 Å². The summed E-state index contributed by atoms with van der Waals surface area (Å²) in [4.78, 5) is 13.3. The predicted octanol–water partition coefficient (Wildman–Crippen LogP) is 5.87. The molecule has 1 saturated heterocycles. The van der Waals surface area contributed by atoms with Crippen LogP contribution in [0.3, 0.4) is 0 Å². The third kappa shape index (κ3) is 7.18. The number of benzene rings is 3. The molecule has 0 radical (unpaired) electrons. The van der Waals surface area contributed by atoms with Gasteiger partial charge in [0.2, 0.25) is 0 Å². The van der Waals surface area contributed by atoms with Gasteiger partial charge in [0.15, 0.2) is 0 Å². The average Bonchev–Trinajstić information content (AvgIpc) is 2.90. The van der Waals surface area contributed by atoms with Gasteiger partial charge in [-0.1, -0.05) is 97.5 Å². The summed E-state index contributed by atoms with van der Waals surface area (Å²) < 4.78 is 24.5. The lowest BCUT2D eigenvalue weighted by molar-refractivity contribution is -0.211. The molecule has 5 atom stereocenters. The van der Waals surface area contributed by atoms with E-state index in [2.05, 4.69) is 19.1 Å². The minimum atomic E-state index is -0.354. The van der Waals surface area contributed by atoms with Crippen LogP contribution in [0.4, 0.5) is 0 Å². The zero-order chi connectivity index (χ0) is 24.5. The molecule has 0 aromatic heterocycles. The maximum Gasteiger partial charge on any atom is 0.308 e. The molecule has 0 amide bonds. The van der Waals surface area contributed by atoms with Crippen LogP contribution in [0.15, 0.2) is 95.9 Å². The fourth-order valence-corrected chi connectivity index (χ4v) is 5.35. The predicted molar refractivity (Wildman–Crippen MR) is 137 cm³/mol. The largest absolute Gasteiger partial charge is 0.469 e. The van der Waals surface area contributed by atoms with E-state index in [1.54, 1.807) is 11.8 Å². The van der Waals surface area contributed by atoms with E-state index in [4.69, 9.17) is 18.9 Å². The maximum atomic E-state index is 12.2. The van der Waals surface area contributed by atoms with Gasteiger partial charge in [0, 0.05) is 10.8 Å². The molecular weight excluding hydrogens is 460 g/mol. The van der Waals surface area contributed by atoms with Gasteiger partial charge in [-0.2, -0.15) is 0 Å². The highest BCUT2D eigenvalue weighted by Gasteiger charge is 2.46. The Labute approximate surface area is 211 Å². The lowest BCUT2D eigenvalue weighted by Gasteiger charge is -2.45. The molecule has 1 fully saturated rings. The SMILES string of the molecule is COC(=O)CC1O[C@@H](Sc2ccccc2)C(OCc2ccccc2)[C@H](OCc2ccccc2)[C@@H]1C. The van der Waals surface area contributed by atoms with Crippen molar-refractivity contribution < 1.29 is 23.7 Å². The molecule has 5 nitrogen and oxygen atoms in total. The topological polar surface area (TPSA) is 54.0 Å². The van der Waals surface area contributed by atoms with Crippen molar-refractivity contribution in [3.8, 4) is 0 Å². The second-order valence-corrected chi connectivity index (χ2v) is 9.81. The van der Waals surface area contributed by atoms with E-state index >= 15 is 0 Å². The fraction of sp³-hybridized carbons (Fsp3) is 0.345. The van der Waals surface area contributed by atoms with Crippen molar-refractivity contribution in [2.24, 2.45) is 5.92 Å². The molecule has 0 bridgehead atoms. The fourth-order valence-electron chi connectivity index (χ4n) is 4.20. The number of methoxy groups -OCH3 is 1. The van der Waals surface area contributed by atoms with E-state index in [9.17, 15) is 4.79 Å². The highest BCUT2D eigenvalue weighted by Crippen LogP contribution is 2.40. The Balaban J connectivity index is 1.60. The van der Waals surface area contributed by atoms with Crippen LogP contribution in [0.5, 0.6) is 0 Å². The first-order valence-electron chi connectivity index (χ1n) is 11.9. The Bertz CT molecular complexity index is 1030. The standard InChI is InChI=1S/C29H32O5S/c1-21-25(18-26(30)31-2)34-29(35-24-16-10-5-11-17-24)28(33-20-23-14-8-4-9-15-23)27(21)32-19-22-12-6-3-7-13-22/h3-17,21,25,27-29H,18-20H2,1-2H3/t21-,25?,27-,28?,29+/m1/s1. The van der Waals surface area contributed by atoms with Gasteiger partial charge in [0.1, 0.15) is 11.5 Å². The van der Waals surface area contributed by atoms with Crippen LogP contribution in [-0.2, 0) is 37.0 Å². The number of carbonyl (C=O) groups is 1. The van der Waals surface area contributed by atoms with Gasteiger partial charge in [-0.3, -0.25) is 4.79 Å². The summed E-state index contributed by atoms with van der Waals surface area (Å²) in [6, 6.07) is 30.3. The Morgan fingerprint density at radius 3 is 1.86 bits per heavy atom. The number of carbonyl (C=O) groups excluding carboxylic acids is 1. The van der Waals surface area contributed by atoms with Crippen LogP contribution in [0.2, 0.25) is 0 Å². The van der Waals surface area contributed by atoms with Gasteiger partial charge in [-0.25, -0.2) is 0 Å². The zero-order valence-corrected chi connectivity index (χ0v) is 20.9. The number of rotatable bonds is 10. The van der Waals surface area contributed by atoms with Crippen LogP contribution < -0.4 is 0 Å². The van der Waals surface area contributed by atoms with Gasteiger partial charge >= 0.3 is 5.97 Å². The van der Waals surface area contributed by atoms with Crippen molar-refractivity contribution in [1.82, 2.24) is 0 Å². The van der Waals surface area contributed by atoms with E-state index in [-0.39, 0.29) is 42.1 Å². The Morgan fingerprint density at radius 1 is 0.800 bits per heavy atom. The molecule has 1 aliphatic heterocycles.